The lowest BCUT2D eigenvalue weighted by molar-refractivity contribution is 0.165. The van der Waals surface area contributed by atoms with Crippen LogP contribution in [0.2, 0.25) is 5.02 Å². The Kier molecular flexibility index (Phi) is 4.25. The molecule has 0 aromatic heterocycles. The summed E-state index contributed by atoms with van der Waals surface area (Å²) in [5.41, 5.74) is 1.30. The summed E-state index contributed by atoms with van der Waals surface area (Å²) in [6.07, 6.45) is 0. The van der Waals surface area contributed by atoms with Gasteiger partial charge in [-0.15, -0.1) is 0 Å². The van der Waals surface area contributed by atoms with Gasteiger partial charge in [-0.1, -0.05) is 33.6 Å². The van der Waals surface area contributed by atoms with Gasteiger partial charge in [-0.25, -0.2) is 0 Å². The summed E-state index contributed by atoms with van der Waals surface area (Å²) in [4.78, 5) is 2.49. The van der Waals surface area contributed by atoms with E-state index in [0.29, 0.717) is 6.04 Å². The molecule has 1 heterocycles. The van der Waals surface area contributed by atoms with Gasteiger partial charge in [0.1, 0.15) is 0 Å². The normalized spacial score (nSPS) is 22.3. The minimum Gasteiger partial charge on any atom is -0.314 e. The Morgan fingerprint density at radius 2 is 2.38 bits per heavy atom. The van der Waals surface area contributed by atoms with Crippen molar-refractivity contribution >= 4 is 27.5 Å². The molecule has 88 valence electrons. The average molecular weight is 304 g/mol. The van der Waals surface area contributed by atoms with Gasteiger partial charge < -0.3 is 5.32 Å². The third-order valence-corrected chi connectivity index (χ3v) is 4.00. The number of piperazine rings is 1. The van der Waals surface area contributed by atoms with Gasteiger partial charge in [0.15, 0.2) is 0 Å². The maximum Gasteiger partial charge on any atom is 0.0417 e. The third kappa shape index (κ3) is 2.98. The SMILES string of the molecule is C[C@@H]1CNCCN1Cc1ccc(Cl)cc1Br. The molecule has 1 fully saturated rings. The zero-order valence-corrected chi connectivity index (χ0v) is 11.7. The van der Waals surface area contributed by atoms with Gasteiger partial charge >= 0.3 is 0 Å². The van der Waals surface area contributed by atoms with Crippen molar-refractivity contribution in [2.75, 3.05) is 19.6 Å². The molecule has 1 saturated heterocycles. The number of hydrogen-bond donors (Lipinski definition) is 1. The average Bonchev–Trinajstić information content (AvgIpc) is 2.25. The highest BCUT2D eigenvalue weighted by molar-refractivity contribution is 9.10. The maximum absolute atomic E-state index is 5.93. The lowest BCUT2D eigenvalue weighted by Gasteiger charge is -2.34. The standard InChI is InChI=1S/C12H16BrClN2/c1-9-7-15-4-5-16(9)8-10-2-3-11(14)6-12(10)13/h2-3,6,9,15H,4-5,7-8H2,1H3/t9-/m1/s1. The van der Waals surface area contributed by atoms with E-state index in [0.717, 1.165) is 35.7 Å². The molecule has 16 heavy (non-hydrogen) atoms. The van der Waals surface area contributed by atoms with Crippen molar-refractivity contribution in [3.8, 4) is 0 Å². The van der Waals surface area contributed by atoms with Crippen molar-refractivity contribution in [3.05, 3.63) is 33.3 Å². The van der Waals surface area contributed by atoms with E-state index < -0.39 is 0 Å². The van der Waals surface area contributed by atoms with Crippen LogP contribution < -0.4 is 5.32 Å². The molecule has 0 unspecified atom stereocenters. The van der Waals surface area contributed by atoms with E-state index in [1.54, 1.807) is 0 Å². The van der Waals surface area contributed by atoms with Gasteiger partial charge in [0.25, 0.3) is 0 Å². The van der Waals surface area contributed by atoms with Crippen LogP contribution in [0.1, 0.15) is 12.5 Å². The van der Waals surface area contributed by atoms with Crippen molar-refractivity contribution in [3.63, 3.8) is 0 Å². The molecule has 1 aromatic rings. The third-order valence-electron chi connectivity index (χ3n) is 3.03. The van der Waals surface area contributed by atoms with Crippen LogP contribution in [0.3, 0.4) is 0 Å². The Balaban J connectivity index is 2.07. The molecule has 0 spiro atoms. The van der Waals surface area contributed by atoms with E-state index >= 15 is 0 Å². The van der Waals surface area contributed by atoms with Gasteiger partial charge in [0.05, 0.1) is 0 Å². The van der Waals surface area contributed by atoms with Crippen LogP contribution in [0.15, 0.2) is 22.7 Å². The smallest absolute Gasteiger partial charge is 0.0417 e. The Bertz CT molecular complexity index is 370. The first-order chi connectivity index (χ1) is 7.66. The molecule has 1 atom stereocenters. The molecular weight excluding hydrogens is 288 g/mol. The largest absolute Gasteiger partial charge is 0.314 e. The molecule has 2 nitrogen and oxygen atoms in total. The highest BCUT2D eigenvalue weighted by Gasteiger charge is 2.18. The van der Waals surface area contributed by atoms with Crippen molar-refractivity contribution in [2.24, 2.45) is 0 Å². The summed E-state index contributed by atoms with van der Waals surface area (Å²) in [6.45, 7) is 6.51. The summed E-state index contributed by atoms with van der Waals surface area (Å²) in [5, 5.41) is 4.18. The summed E-state index contributed by atoms with van der Waals surface area (Å²) in [7, 11) is 0. The molecule has 0 saturated carbocycles. The Labute approximate surface area is 110 Å². The monoisotopic (exact) mass is 302 g/mol. The number of rotatable bonds is 2. The lowest BCUT2D eigenvalue weighted by atomic mass is 10.1. The van der Waals surface area contributed by atoms with Crippen molar-refractivity contribution < 1.29 is 0 Å². The molecular formula is C12H16BrClN2. The molecule has 0 aliphatic carbocycles. The Morgan fingerprint density at radius 1 is 1.56 bits per heavy atom. The summed E-state index contributed by atoms with van der Waals surface area (Å²) in [5.74, 6) is 0. The van der Waals surface area contributed by atoms with Crippen molar-refractivity contribution in [1.82, 2.24) is 10.2 Å². The van der Waals surface area contributed by atoms with Crippen molar-refractivity contribution in [2.45, 2.75) is 19.5 Å². The van der Waals surface area contributed by atoms with Crippen LogP contribution >= 0.6 is 27.5 Å². The highest BCUT2D eigenvalue weighted by Crippen LogP contribution is 2.23. The zero-order valence-electron chi connectivity index (χ0n) is 9.34. The Morgan fingerprint density at radius 3 is 3.06 bits per heavy atom. The number of nitrogens with zero attached hydrogens (tertiary/aromatic N) is 1. The molecule has 0 amide bonds. The summed E-state index contributed by atoms with van der Waals surface area (Å²) < 4.78 is 1.10. The summed E-state index contributed by atoms with van der Waals surface area (Å²) >= 11 is 9.50. The zero-order chi connectivity index (χ0) is 11.5. The molecule has 0 bridgehead atoms. The minimum atomic E-state index is 0.594. The fraction of sp³-hybridized carbons (Fsp3) is 0.500. The van der Waals surface area contributed by atoms with Crippen LogP contribution in [0.25, 0.3) is 0 Å². The molecule has 0 radical (unpaired) electrons. The van der Waals surface area contributed by atoms with Crippen LogP contribution in [-0.2, 0) is 6.54 Å². The second kappa shape index (κ2) is 5.50. The van der Waals surface area contributed by atoms with E-state index in [2.05, 4.69) is 39.1 Å². The fourth-order valence-corrected chi connectivity index (χ4v) is 2.79. The number of halogens is 2. The van der Waals surface area contributed by atoms with Gasteiger partial charge in [0.2, 0.25) is 0 Å². The predicted molar refractivity (Wildman–Crippen MR) is 71.9 cm³/mol. The van der Waals surface area contributed by atoms with E-state index in [9.17, 15) is 0 Å². The molecule has 1 aromatic carbocycles. The van der Waals surface area contributed by atoms with Gasteiger partial charge in [-0.2, -0.15) is 0 Å². The summed E-state index contributed by atoms with van der Waals surface area (Å²) in [6, 6.07) is 6.61. The van der Waals surface area contributed by atoms with E-state index in [1.807, 2.05) is 12.1 Å². The van der Waals surface area contributed by atoms with Gasteiger partial charge in [-0.05, 0) is 24.6 Å². The highest BCUT2D eigenvalue weighted by atomic mass is 79.9. The second-order valence-electron chi connectivity index (χ2n) is 4.26. The number of nitrogens with one attached hydrogen (secondary N) is 1. The number of benzene rings is 1. The quantitative estimate of drug-likeness (QED) is 0.904. The predicted octanol–water partition coefficient (Wildman–Crippen LogP) is 2.90. The first-order valence-electron chi connectivity index (χ1n) is 5.55. The molecule has 1 aliphatic heterocycles. The van der Waals surface area contributed by atoms with Gasteiger partial charge in [0, 0.05) is 41.7 Å². The van der Waals surface area contributed by atoms with Crippen LogP contribution in [0, 0.1) is 0 Å². The molecule has 4 heteroatoms. The van der Waals surface area contributed by atoms with E-state index in [-0.39, 0.29) is 0 Å². The van der Waals surface area contributed by atoms with Gasteiger partial charge in [-0.3, -0.25) is 4.90 Å². The van der Waals surface area contributed by atoms with E-state index in [4.69, 9.17) is 11.6 Å². The van der Waals surface area contributed by atoms with Crippen LogP contribution in [0.4, 0.5) is 0 Å². The fourth-order valence-electron chi connectivity index (χ4n) is 1.99. The maximum atomic E-state index is 5.93. The first kappa shape index (κ1) is 12.4. The van der Waals surface area contributed by atoms with E-state index in [1.165, 1.54) is 5.56 Å². The molecule has 1 N–H and O–H groups in total. The topological polar surface area (TPSA) is 15.3 Å². The van der Waals surface area contributed by atoms with Crippen molar-refractivity contribution in [1.29, 1.82) is 0 Å². The molecule has 2 rings (SSSR count). The first-order valence-corrected chi connectivity index (χ1v) is 6.72. The second-order valence-corrected chi connectivity index (χ2v) is 5.55. The lowest BCUT2D eigenvalue weighted by Crippen LogP contribution is -2.49. The minimum absolute atomic E-state index is 0.594. The van der Waals surface area contributed by atoms with Crippen LogP contribution in [-0.4, -0.2) is 30.6 Å². The number of hydrogen-bond acceptors (Lipinski definition) is 2. The Hall–Kier alpha value is -0.0900. The van der Waals surface area contributed by atoms with Crippen LogP contribution in [0.5, 0.6) is 0 Å². The molecule has 1 aliphatic rings.